The van der Waals surface area contributed by atoms with Gasteiger partial charge in [0.15, 0.2) is 0 Å². The number of benzene rings is 1. The van der Waals surface area contributed by atoms with Crippen LogP contribution in [0.2, 0.25) is 0 Å². The molecule has 1 aliphatic heterocycles. The summed E-state index contributed by atoms with van der Waals surface area (Å²) in [7, 11) is 0. The van der Waals surface area contributed by atoms with Gasteiger partial charge in [-0.25, -0.2) is 4.68 Å². The van der Waals surface area contributed by atoms with Crippen molar-refractivity contribution in [1.82, 2.24) is 25.2 Å². The molecular weight excluding hydrogens is 306 g/mol. The van der Waals surface area contributed by atoms with Gasteiger partial charge in [-0.1, -0.05) is 17.3 Å². The normalized spacial score (nSPS) is 16.0. The van der Waals surface area contributed by atoms with E-state index >= 15 is 0 Å². The molecule has 24 heavy (non-hydrogen) atoms. The van der Waals surface area contributed by atoms with Gasteiger partial charge >= 0.3 is 0 Å². The molecule has 1 saturated heterocycles. The quantitative estimate of drug-likeness (QED) is 0.901. The number of nitrogens with one attached hydrogen (secondary N) is 1. The Morgan fingerprint density at radius 1 is 1.29 bits per heavy atom. The largest absolute Gasteiger partial charge is 0.348 e. The number of carbonyl (C=O) groups is 2. The molecular formula is C17H21N5O2. The molecule has 1 atom stereocenters. The molecule has 1 unspecified atom stereocenters. The lowest BCUT2D eigenvalue weighted by Gasteiger charge is -2.26. The van der Waals surface area contributed by atoms with Gasteiger partial charge in [-0.3, -0.25) is 9.59 Å². The van der Waals surface area contributed by atoms with E-state index in [9.17, 15) is 9.59 Å². The zero-order valence-electron chi connectivity index (χ0n) is 13.7. The van der Waals surface area contributed by atoms with Crippen LogP contribution in [0.1, 0.15) is 37.8 Å². The van der Waals surface area contributed by atoms with Gasteiger partial charge in [0.05, 0.1) is 30.7 Å². The minimum atomic E-state index is -0.127. The second kappa shape index (κ2) is 7.25. The zero-order chi connectivity index (χ0) is 16.9. The maximum atomic E-state index is 12.2. The molecule has 0 spiro atoms. The first kappa shape index (κ1) is 16.2. The maximum Gasteiger partial charge on any atom is 0.240 e. The minimum Gasteiger partial charge on any atom is -0.348 e. The number of aromatic nitrogens is 3. The van der Waals surface area contributed by atoms with Crippen molar-refractivity contribution in [2.75, 3.05) is 13.1 Å². The Morgan fingerprint density at radius 3 is 2.75 bits per heavy atom. The van der Waals surface area contributed by atoms with E-state index in [4.69, 9.17) is 0 Å². The van der Waals surface area contributed by atoms with Gasteiger partial charge in [0, 0.05) is 13.0 Å². The SMILES string of the molecule is CC(NC(=O)CN1CCCCC1=O)c1ccc(-n2ccnn2)cc1. The Bertz CT molecular complexity index is 696. The third kappa shape index (κ3) is 3.79. The van der Waals surface area contributed by atoms with Gasteiger partial charge in [-0.2, -0.15) is 0 Å². The van der Waals surface area contributed by atoms with Gasteiger partial charge in [0.1, 0.15) is 0 Å². The van der Waals surface area contributed by atoms with E-state index in [1.807, 2.05) is 31.2 Å². The van der Waals surface area contributed by atoms with Crippen LogP contribution < -0.4 is 5.32 Å². The molecule has 1 aromatic heterocycles. The second-order valence-electron chi connectivity index (χ2n) is 6.00. The summed E-state index contributed by atoms with van der Waals surface area (Å²) in [6.45, 7) is 2.74. The average molecular weight is 327 g/mol. The zero-order valence-corrected chi connectivity index (χ0v) is 13.7. The van der Waals surface area contributed by atoms with Crippen molar-refractivity contribution in [1.29, 1.82) is 0 Å². The van der Waals surface area contributed by atoms with Crippen molar-refractivity contribution in [2.45, 2.75) is 32.2 Å². The van der Waals surface area contributed by atoms with Crippen molar-refractivity contribution < 1.29 is 9.59 Å². The van der Waals surface area contributed by atoms with E-state index in [1.165, 1.54) is 0 Å². The highest BCUT2D eigenvalue weighted by atomic mass is 16.2. The van der Waals surface area contributed by atoms with Crippen LogP contribution in [0.5, 0.6) is 0 Å². The summed E-state index contributed by atoms with van der Waals surface area (Å²) in [6, 6.07) is 7.64. The number of likely N-dealkylation sites (tertiary alicyclic amines) is 1. The van der Waals surface area contributed by atoms with E-state index < -0.39 is 0 Å². The number of amides is 2. The van der Waals surface area contributed by atoms with Gasteiger partial charge in [0.2, 0.25) is 11.8 Å². The lowest BCUT2D eigenvalue weighted by atomic mass is 10.1. The monoisotopic (exact) mass is 327 g/mol. The van der Waals surface area contributed by atoms with Crippen LogP contribution in [0.15, 0.2) is 36.7 Å². The van der Waals surface area contributed by atoms with Gasteiger partial charge in [-0.05, 0) is 37.5 Å². The molecule has 1 fully saturated rings. The topological polar surface area (TPSA) is 80.1 Å². The number of rotatable bonds is 5. The average Bonchev–Trinajstić information content (AvgIpc) is 3.11. The van der Waals surface area contributed by atoms with Crippen molar-refractivity contribution in [3.8, 4) is 5.69 Å². The third-order valence-corrected chi connectivity index (χ3v) is 4.21. The highest BCUT2D eigenvalue weighted by molar-refractivity contribution is 5.85. The summed E-state index contributed by atoms with van der Waals surface area (Å²) in [6.07, 6.45) is 5.84. The van der Waals surface area contributed by atoms with Crippen LogP contribution in [0.4, 0.5) is 0 Å². The van der Waals surface area contributed by atoms with Crippen LogP contribution in [-0.2, 0) is 9.59 Å². The van der Waals surface area contributed by atoms with Crippen molar-refractivity contribution in [2.24, 2.45) is 0 Å². The fourth-order valence-corrected chi connectivity index (χ4v) is 2.83. The summed E-state index contributed by atoms with van der Waals surface area (Å²) in [5, 5.41) is 10.7. The Labute approximate surface area is 140 Å². The molecule has 0 radical (unpaired) electrons. The molecule has 0 bridgehead atoms. The van der Waals surface area contributed by atoms with Crippen LogP contribution in [0.3, 0.4) is 0 Å². The van der Waals surface area contributed by atoms with Crippen LogP contribution >= 0.6 is 0 Å². The van der Waals surface area contributed by atoms with E-state index in [0.29, 0.717) is 13.0 Å². The summed E-state index contributed by atoms with van der Waals surface area (Å²) in [5.74, 6) is -0.0562. The van der Waals surface area contributed by atoms with Gasteiger partial charge < -0.3 is 10.2 Å². The molecule has 126 valence electrons. The molecule has 3 rings (SSSR count). The maximum absolute atomic E-state index is 12.2. The molecule has 1 aliphatic rings. The predicted octanol–water partition coefficient (Wildman–Crippen LogP) is 1.46. The molecule has 2 heterocycles. The lowest BCUT2D eigenvalue weighted by molar-refractivity contribution is -0.138. The summed E-state index contributed by atoms with van der Waals surface area (Å²) in [4.78, 5) is 25.6. The fraction of sp³-hybridized carbons (Fsp3) is 0.412. The van der Waals surface area contributed by atoms with Crippen molar-refractivity contribution in [3.05, 3.63) is 42.2 Å². The van der Waals surface area contributed by atoms with E-state index in [2.05, 4.69) is 15.6 Å². The smallest absolute Gasteiger partial charge is 0.240 e. The fourth-order valence-electron chi connectivity index (χ4n) is 2.83. The number of carbonyl (C=O) groups excluding carboxylic acids is 2. The highest BCUT2D eigenvalue weighted by Gasteiger charge is 2.21. The molecule has 1 N–H and O–H groups in total. The second-order valence-corrected chi connectivity index (χ2v) is 6.00. The number of hydrogen-bond donors (Lipinski definition) is 1. The van der Waals surface area contributed by atoms with E-state index in [-0.39, 0.29) is 24.4 Å². The van der Waals surface area contributed by atoms with Crippen molar-refractivity contribution in [3.63, 3.8) is 0 Å². The van der Waals surface area contributed by atoms with Crippen LogP contribution in [0.25, 0.3) is 5.69 Å². The lowest BCUT2D eigenvalue weighted by Crippen LogP contribution is -2.43. The highest BCUT2D eigenvalue weighted by Crippen LogP contribution is 2.15. The van der Waals surface area contributed by atoms with Crippen molar-refractivity contribution >= 4 is 11.8 Å². The summed E-state index contributed by atoms with van der Waals surface area (Å²) >= 11 is 0. The molecule has 0 saturated carbocycles. The Hall–Kier alpha value is -2.70. The Morgan fingerprint density at radius 2 is 2.08 bits per heavy atom. The first-order valence-corrected chi connectivity index (χ1v) is 8.17. The van der Waals surface area contributed by atoms with E-state index in [1.54, 1.807) is 22.0 Å². The summed E-state index contributed by atoms with van der Waals surface area (Å²) < 4.78 is 1.68. The minimum absolute atomic E-state index is 0.0706. The number of nitrogens with zero attached hydrogens (tertiary/aromatic N) is 4. The van der Waals surface area contributed by atoms with Gasteiger partial charge in [0.25, 0.3) is 0 Å². The van der Waals surface area contributed by atoms with Crippen LogP contribution in [0, 0.1) is 0 Å². The Kier molecular flexibility index (Phi) is 4.88. The third-order valence-electron chi connectivity index (χ3n) is 4.21. The molecule has 7 nitrogen and oxygen atoms in total. The predicted molar refractivity (Wildman–Crippen MR) is 88.3 cm³/mol. The molecule has 2 aromatic rings. The first-order valence-electron chi connectivity index (χ1n) is 8.17. The number of piperidine rings is 1. The Balaban J connectivity index is 1.57. The molecule has 0 aliphatic carbocycles. The van der Waals surface area contributed by atoms with E-state index in [0.717, 1.165) is 24.1 Å². The molecule has 2 amide bonds. The standard InChI is InChI=1S/C17H21N5O2/c1-13(19-16(23)12-21-10-3-2-4-17(21)24)14-5-7-15(8-6-14)22-11-9-18-20-22/h5-9,11,13H,2-4,10,12H2,1H3,(H,19,23). The first-order chi connectivity index (χ1) is 11.6. The number of hydrogen-bond acceptors (Lipinski definition) is 4. The van der Waals surface area contributed by atoms with Crippen LogP contribution in [-0.4, -0.2) is 44.8 Å². The van der Waals surface area contributed by atoms with Gasteiger partial charge in [-0.15, -0.1) is 5.10 Å². The summed E-state index contributed by atoms with van der Waals surface area (Å²) in [5.41, 5.74) is 1.91. The molecule has 7 heteroatoms. The molecule has 1 aromatic carbocycles.